The summed E-state index contributed by atoms with van der Waals surface area (Å²) in [5, 5.41) is 13.0. The van der Waals surface area contributed by atoms with Crippen LogP contribution in [-0.2, 0) is 10.0 Å². The number of piperidine rings is 1. The van der Waals surface area contributed by atoms with Crippen LogP contribution in [0.1, 0.15) is 38.5 Å². The molecule has 3 aliphatic rings. The third kappa shape index (κ3) is 4.03. The summed E-state index contributed by atoms with van der Waals surface area (Å²) in [5.41, 5.74) is 0. The fourth-order valence-corrected chi connectivity index (χ4v) is 6.70. The zero-order valence-corrected chi connectivity index (χ0v) is 16.3. The number of benzene rings is 1. The number of rotatable bonds is 7. The summed E-state index contributed by atoms with van der Waals surface area (Å²) >= 11 is 0. The van der Waals surface area contributed by atoms with Crippen LogP contribution in [0.5, 0.6) is 5.75 Å². The molecule has 1 aromatic carbocycles. The van der Waals surface area contributed by atoms with Crippen molar-refractivity contribution in [2.45, 2.75) is 74.3 Å². The van der Waals surface area contributed by atoms with Gasteiger partial charge in [-0.15, -0.1) is 0 Å². The molecule has 2 saturated heterocycles. The van der Waals surface area contributed by atoms with E-state index in [0.717, 1.165) is 45.1 Å². The molecular weight excluding hydrogens is 390 g/mol. The van der Waals surface area contributed by atoms with Crippen molar-refractivity contribution < 1.29 is 27.0 Å². The Kier molecular flexibility index (Phi) is 5.61. The van der Waals surface area contributed by atoms with Crippen LogP contribution in [0, 0.1) is 5.92 Å². The van der Waals surface area contributed by atoms with E-state index in [1.54, 1.807) is 4.31 Å². The van der Waals surface area contributed by atoms with Crippen molar-refractivity contribution in [1.29, 1.82) is 0 Å². The molecule has 0 unspecified atom stereocenters. The normalized spacial score (nSPS) is 33.1. The van der Waals surface area contributed by atoms with Gasteiger partial charge in [-0.25, -0.2) is 8.42 Å². The molecule has 0 amide bonds. The van der Waals surface area contributed by atoms with Gasteiger partial charge in [0.25, 0.3) is 0 Å². The molecule has 0 aromatic heterocycles. The van der Waals surface area contributed by atoms with Crippen LogP contribution < -0.4 is 10.1 Å². The van der Waals surface area contributed by atoms with Crippen molar-refractivity contribution in [3.8, 4) is 5.75 Å². The van der Waals surface area contributed by atoms with Gasteiger partial charge in [0.15, 0.2) is 0 Å². The first kappa shape index (κ1) is 20.0. The number of ether oxygens (including phenoxy) is 1. The third-order valence-electron chi connectivity index (χ3n) is 6.20. The van der Waals surface area contributed by atoms with Gasteiger partial charge in [0.05, 0.1) is 11.0 Å². The van der Waals surface area contributed by atoms with Crippen LogP contribution in [0.2, 0.25) is 0 Å². The predicted octanol–water partition coefficient (Wildman–Crippen LogP) is 2.33. The maximum atomic E-state index is 13.1. The topological polar surface area (TPSA) is 78.9 Å². The number of alkyl halides is 2. The van der Waals surface area contributed by atoms with E-state index in [1.165, 1.54) is 24.3 Å². The average molecular weight is 416 g/mol. The lowest BCUT2D eigenvalue weighted by Crippen LogP contribution is -2.52. The summed E-state index contributed by atoms with van der Waals surface area (Å²) < 4.78 is 56.8. The molecule has 2 aliphatic heterocycles. The fourth-order valence-electron chi connectivity index (χ4n) is 4.81. The number of nitrogens with zero attached hydrogens (tertiary/aromatic N) is 1. The first-order valence-electron chi connectivity index (χ1n) is 9.83. The van der Waals surface area contributed by atoms with Crippen LogP contribution in [0.4, 0.5) is 8.78 Å². The van der Waals surface area contributed by atoms with Crippen LogP contribution in [0.3, 0.4) is 0 Å². The van der Waals surface area contributed by atoms with Crippen LogP contribution in [0.15, 0.2) is 29.2 Å². The Labute approximate surface area is 163 Å². The van der Waals surface area contributed by atoms with E-state index in [4.69, 9.17) is 0 Å². The lowest BCUT2D eigenvalue weighted by atomic mass is 9.82. The Morgan fingerprint density at radius 2 is 1.71 bits per heavy atom. The van der Waals surface area contributed by atoms with Gasteiger partial charge in [-0.05, 0) is 75.3 Å². The highest BCUT2D eigenvalue weighted by Crippen LogP contribution is 2.40. The Hall–Kier alpha value is -1.29. The number of halogens is 2. The van der Waals surface area contributed by atoms with Gasteiger partial charge in [-0.3, -0.25) is 0 Å². The molecule has 1 aliphatic carbocycles. The summed E-state index contributed by atoms with van der Waals surface area (Å²) in [4.78, 5) is 0.112. The molecule has 0 spiro atoms. The predicted molar refractivity (Wildman–Crippen MR) is 98.7 cm³/mol. The molecule has 28 heavy (non-hydrogen) atoms. The van der Waals surface area contributed by atoms with Gasteiger partial charge in [0, 0.05) is 18.1 Å². The SMILES string of the molecule is O=S(=O)(c1ccc(OC(F)F)cc1)N1[C@@H]2CC[C@@H]1CC(NCC1CC(O)C1)C2. The monoisotopic (exact) mass is 416 g/mol. The van der Waals surface area contributed by atoms with Gasteiger partial charge in [-0.2, -0.15) is 13.1 Å². The summed E-state index contributed by atoms with van der Waals surface area (Å²) in [6, 6.07) is 5.42. The molecule has 2 N–H and O–H groups in total. The standard InChI is InChI=1S/C19H26F2N2O4S/c20-19(21)27-17-3-5-18(6-4-17)28(25,26)23-14-1-2-15(23)10-13(9-14)22-11-12-7-16(24)8-12/h3-6,12-16,19,22,24H,1-2,7-11H2/t12?,14-,15-,16?/m1/s1. The zero-order chi connectivity index (χ0) is 19.9. The third-order valence-corrected chi connectivity index (χ3v) is 8.22. The minimum absolute atomic E-state index is 0.0368. The first-order valence-corrected chi connectivity index (χ1v) is 11.3. The van der Waals surface area contributed by atoms with Crippen molar-refractivity contribution >= 4 is 10.0 Å². The van der Waals surface area contributed by atoms with E-state index in [0.29, 0.717) is 12.0 Å². The quantitative estimate of drug-likeness (QED) is 0.713. The molecule has 156 valence electrons. The van der Waals surface area contributed by atoms with E-state index in [2.05, 4.69) is 10.1 Å². The van der Waals surface area contributed by atoms with Gasteiger partial charge < -0.3 is 15.2 Å². The summed E-state index contributed by atoms with van der Waals surface area (Å²) in [7, 11) is -3.67. The molecule has 6 nitrogen and oxygen atoms in total. The van der Waals surface area contributed by atoms with Crippen molar-refractivity contribution in [3.63, 3.8) is 0 Å². The van der Waals surface area contributed by atoms with Crippen molar-refractivity contribution in [2.75, 3.05) is 6.54 Å². The Morgan fingerprint density at radius 1 is 1.11 bits per heavy atom. The second-order valence-corrected chi connectivity index (χ2v) is 9.98. The minimum Gasteiger partial charge on any atom is -0.435 e. The van der Waals surface area contributed by atoms with E-state index in [9.17, 15) is 22.3 Å². The number of hydrogen-bond donors (Lipinski definition) is 2. The zero-order valence-electron chi connectivity index (χ0n) is 15.5. The van der Waals surface area contributed by atoms with Crippen molar-refractivity contribution in [1.82, 2.24) is 9.62 Å². The van der Waals surface area contributed by atoms with Gasteiger partial charge in [0.2, 0.25) is 10.0 Å². The number of hydrogen-bond acceptors (Lipinski definition) is 5. The van der Waals surface area contributed by atoms with Crippen LogP contribution in [0.25, 0.3) is 0 Å². The van der Waals surface area contributed by atoms with E-state index < -0.39 is 16.6 Å². The molecule has 1 saturated carbocycles. The first-order chi connectivity index (χ1) is 13.3. The van der Waals surface area contributed by atoms with E-state index in [-0.39, 0.29) is 28.8 Å². The molecular formula is C19H26F2N2O4S. The smallest absolute Gasteiger partial charge is 0.387 e. The number of aliphatic hydroxyl groups excluding tert-OH is 1. The molecule has 0 radical (unpaired) electrons. The highest BCUT2D eigenvalue weighted by Gasteiger charge is 2.47. The summed E-state index contributed by atoms with van der Waals surface area (Å²) in [6.45, 7) is -2.06. The molecule has 2 bridgehead atoms. The van der Waals surface area contributed by atoms with Gasteiger partial charge >= 0.3 is 6.61 Å². The fraction of sp³-hybridized carbons (Fsp3) is 0.684. The van der Waals surface area contributed by atoms with Crippen LogP contribution in [-0.4, -0.2) is 55.2 Å². The van der Waals surface area contributed by atoms with Gasteiger partial charge in [-0.1, -0.05) is 0 Å². The van der Waals surface area contributed by atoms with E-state index >= 15 is 0 Å². The van der Waals surface area contributed by atoms with Crippen molar-refractivity contribution in [2.24, 2.45) is 5.92 Å². The minimum atomic E-state index is -3.67. The number of fused-ring (bicyclic) bond motifs is 2. The van der Waals surface area contributed by atoms with Crippen molar-refractivity contribution in [3.05, 3.63) is 24.3 Å². The summed E-state index contributed by atoms with van der Waals surface area (Å²) in [5.74, 6) is 0.462. The Balaban J connectivity index is 1.40. The Bertz CT molecular complexity index is 770. The molecule has 4 rings (SSSR count). The lowest BCUT2D eigenvalue weighted by Gasteiger charge is -2.40. The van der Waals surface area contributed by atoms with Crippen LogP contribution >= 0.6 is 0 Å². The molecule has 3 fully saturated rings. The second-order valence-electron chi connectivity index (χ2n) is 8.14. The second kappa shape index (κ2) is 7.85. The molecule has 9 heteroatoms. The molecule has 2 atom stereocenters. The summed E-state index contributed by atoms with van der Waals surface area (Å²) in [6.07, 6.45) is 4.77. The number of nitrogens with one attached hydrogen (secondary N) is 1. The number of sulfonamides is 1. The van der Waals surface area contributed by atoms with E-state index in [1.807, 2.05) is 0 Å². The maximum absolute atomic E-state index is 13.1. The average Bonchev–Trinajstić information content (AvgIpc) is 2.90. The van der Waals surface area contributed by atoms with Gasteiger partial charge in [0.1, 0.15) is 5.75 Å². The lowest BCUT2D eigenvalue weighted by molar-refractivity contribution is -0.0498. The number of aliphatic hydroxyl groups is 1. The molecule has 1 aromatic rings. The maximum Gasteiger partial charge on any atom is 0.387 e. The largest absolute Gasteiger partial charge is 0.435 e. The molecule has 2 heterocycles. The highest BCUT2D eigenvalue weighted by atomic mass is 32.2. The highest BCUT2D eigenvalue weighted by molar-refractivity contribution is 7.89. The Morgan fingerprint density at radius 3 is 2.25 bits per heavy atom.